The highest BCUT2D eigenvalue weighted by atomic mass is 32.1. The number of hydrogen-bond donors (Lipinski definition) is 1. The molecular formula is C14H19N3O3S. The Morgan fingerprint density at radius 3 is 2.71 bits per heavy atom. The van der Waals surface area contributed by atoms with Crippen LogP contribution in [0.15, 0.2) is 21.0 Å². The monoisotopic (exact) mass is 309 g/mol. The molecule has 21 heavy (non-hydrogen) atoms. The Balaban J connectivity index is 2.39. The number of amides is 1. The molecule has 114 valence electrons. The fourth-order valence-electron chi connectivity index (χ4n) is 2.17. The highest BCUT2D eigenvalue weighted by Crippen LogP contribution is 2.14. The summed E-state index contributed by atoms with van der Waals surface area (Å²) in [5.74, 6) is -0.209. The van der Waals surface area contributed by atoms with Gasteiger partial charge in [0.15, 0.2) is 0 Å². The number of fused-ring (bicyclic) bond motifs is 1. The molecule has 1 amide bonds. The van der Waals surface area contributed by atoms with Gasteiger partial charge in [0.25, 0.3) is 5.56 Å². The summed E-state index contributed by atoms with van der Waals surface area (Å²) in [6, 6.07) is 1.71. The van der Waals surface area contributed by atoms with Crippen molar-refractivity contribution < 1.29 is 4.79 Å². The van der Waals surface area contributed by atoms with Crippen LogP contribution in [-0.2, 0) is 17.9 Å². The third kappa shape index (κ3) is 3.07. The minimum Gasteiger partial charge on any atom is -0.355 e. The Kier molecular flexibility index (Phi) is 4.95. The molecule has 2 rings (SSSR count). The first-order chi connectivity index (χ1) is 10.1. The first-order valence-corrected chi connectivity index (χ1v) is 7.95. The zero-order valence-corrected chi connectivity index (χ0v) is 13.0. The van der Waals surface area contributed by atoms with Gasteiger partial charge in [-0.3, -0.25) is 18.7 Å². The molecule has 2 aromatic heterocycles. The quantitative estimate of drug-likeness (QED) is 0.814. The largest absolute Gasteiger partial charge is 0.355 e. The van der Waals surface area contributed by atoms with Gasteiger partial charge in [-0.05, 0) is 24.8 Å². The molecule has 2 aromatic rings. The van der Waals surface area contributed by atoms with Gasteiger partial charge >= 0.3 is 5.69 Å². The standard InChI is InChI=1S/C14H19N3O3S/c1-3-5-7-15-11(18)9-17-10-6-8-21-12(10)13(19)16(4-2)14(17)20/h6,8H,3-5,7,9H2,1-2H3,(H,15,18). The number of carbonyl (C=O) groups excluding carboxylic acids is 1. The van der Waals surface area contributed by atoms with Crippen molar-refractivity contribution in [2.24, 2.45) is 0 Å². The van der Waals surface area contributed by atoms with E-state index in [4.69, 9.17) is 0 Å². The van der Waals surface area contributed by atoms with Crippen molar-refractivity contribution in [1.29, 1.82) is 0 Å². The fraction of sp³-hybridized carbons (Fsp3) is 0.500. The zero-order chi connectivity index (χ0) is 15.4. The van der Waals surface area contributed by atoms with Crippen LogP contribution in [0.5, 0.6) is 0 Å². The van der Waals surface area contributed by atoms with Crippen molar-refractivity contribution in [3.63, 3.8) is 0 Å². The molecule has 0 aliphatic carbocycles. The minimum atomic E-state index is -0.431. The van der Waals surface area contributed by atoms with Crippen molar-refractivity contribution in [3.05, 3.63) is 32.3 Å². The maximum absolute atomic E-state index is 12.3. The van der Waals surface area contributed by atoms with Crippen LogP contribution in [0.1, 0.15) is 26.7 Å². The van der Waals surface area contributed by atoms with Crippen LogP contribution in [0, 0.1) is 0 Å². The molecule has 0 radical (unpaired) electrons. The van der Waals surface area contributed by atoms with Crippen LogP contribution in [0.3, 0.4) is 0 Å². The summed E-state index contributed by atoms with van der Waals surface area (Å²) in [4.78, 5) is 36.4. The molecular weight excluding hydrogens is 290 g/mol. The second-order valence-electron chi connectivity index (χ2n) is 4.76. The number of aromatic nitrogens is 2. The Morgan fingerprint density at radius 1 is 1.29 bits per heavy atom. The number of nitrogens with one attached hydrogen (secondary N) is 1. The normalized spacial score (nSPS) is 11.0. The van der Waals surface area contributed by atoms with Crippen LogP contribution in [0.25, 0.3) is 10.2 Å². The fourth-order valence-corrected chi connectivity index (χ4v) is 3.01. The summed E-state index contributed by atoms with van der Waals surface area (Å²) >= 11 is 1.29. The second-order valence-corrected chi connectivity index (χ2v) is 5.67. The number of rotatable bonds is 6. The topological polar surface area (TPSA) is 73.1 Å². The van der Waals surface area contributed by atoms with E-state index in [1.165, 1.54) is 15.9 Å². The van der Waals surface area contributed by atoms with Crippen molar-refractivity contribution in [2.75, 3.05) is 6.54 Å². The molecule has 0 aromatic carbocycles. The number of nitrogens with zero attached hydrogens (tertiary/aromatic N) is 2. The van der Waals surface area contributed by atoms with Crippen LogP contribution in [0.2, 0.25) is 0 Å². The Labute approximate surface area is 126 Å². The summed E-state index contributed by atoms with van der Waals surface area (Å²) in [6.45, 7) is 4.62. The van der Waals surface area contributed by atoms with Crippen LogP contribution >= 0.6 is 11.3 Å². The molecule has 0 atom stereocenters. The molecule has 6 nitrogen and oxygen atoms in total. The molecule has 0 aliphatic heterocycles. The predicted molar refractivity (Wildman–Crippen MR) is 83.9 cm³/mol. The number of thiophene rings is 1. The minimum absolute atomic E-state index is 0.0595. The maximum atomic E-state index is 12.3. The molecule has 2 heterocycles. The molecule has 0 saturated carbocycles. The van der Waals surface area contributed by atoms with E-state index < -0.39 is 5.69 Å². The van der Waals surface area contributed by atoms with Crippen LogP contribution < -0.4 is 16.6 Å². The summed E-state index contributed by atoms with van der Waals surface area (Å²) in [5.41, 5.74) is -0.181. The molecule has 0 saturated heterocycles. The van der Waals surface area contributed by atoms with Gasteiger partial charge in [0.2, 0.25) is 5.91 Å². The highest BCUT2D eigenvalue weighted by Gasteiger charge is 2.15. The third-order valence-electron chi connectivity index (χ3n) is 3.31. The van der Waals surface area contributed by atoms with Gasteiger partial charge in [0.05, 0.1) is 5.52 Å². The highest BCUT2D eigenvalue weighted by molar-refractivity contribution is 7.17. The smallest absolute Gasteiger partial charge is 0.331 e. The third-order valence-corrected chi connectivity index (χ3v) is 4.20. The number of unbranched alkanes of at least 4 members (excludes halogenated alkanes) is 1. The molecule has 0 unspecified atom stereocenters. The lowest BCUT2D eigenvalue weighted by Gasteiger charge is -2.11. The van der Waals surface area contributed by atoms with E-state index in [2.05, 4.69) is 5.32 Å². The lowest BCUT2D eigenvalue weighted by atomic mass is 10.3. The number of carbonyl (C=O) groups is 1. The molecule has 0 bridgehead atoms. The summed E-state index contributed by atoms with van der Waals surface area (Å²) in [5, 5.41) is 4.55. The first-order valence-electron chi connectivity index (χ1n) is 7.07. The summed E-state index contributed by atoms with van der Waals surface area (Å²) in [6.07, 6.45) is 1.90. The van der Waals surface area contributed by atoms with E-state index in [1.807, 2.05) is 6.92 Å². The lowest BCUT2D eigenvalue weighted by molar-refractivity contribution is -0.121. The molecule has 0 fully saturated rings. The van der Waals surface area contributed by atoms with Gasteiger partial charge in [-0.25, -0.2) is 4.79 Å². The zero-order valence-electron chi connectivity index (χ0n) is 12.2. The van der Waals surface area contributed by atoms with Gasteiger partial charge in [-0.2, -0.15) is 0 Å². The van der Waals surface area contributed by atoms with Crippen molar-refractivity contribution in [1.82, 2.24) is 14.5 Å². The van der Waals surface area contributed by atoms with Crippen molar-refractivity contribution >= 4 is 27.5 Å². The van der Waals surface area contributed by atoms with Gasteiger partial charge in [0.1, 0.15) is 11.2 Å². The molecule has 1 N–H and O–H groups in total. The van der Waals surface area contributed by atoms with Crippen LogP contribution in [-0.4, -0.2) is 21.6 Å². The molecule has 0 aliphatic rings. The Bertz CT molecular complexity index is 757. The van der Waals surface area contributed by atoms with Gasteiger partial charge in [0, 0.05) is 13.1 Å². The average molecular weight is 309 g/mol. The van der Waals surface area contributed by atoms with E-state index in [-0.39, 0.29) is 18.0 Å². The van der Waals surface area contributed by atoms with Gasteiger partial charge in [-0.1, -0.05) is 13.3 Å². The molecule has 0 spiro atoms. The lowest BCUT2D eigenvalue weighted by Crippen LogP contribution is -2.42. The van der Waals surface area contributed by atoms with E-state index in [9.17, 15) is 14.4 Å². The van der Waals surface area contributed by atoms with Crippen molar-refractivity contribution in [2.45, 2.75) is 39.8 Å². The number of hydrogen-bond acceptors (Lipinski definition) is 4. The van der Waals surface area contributed by atoms with E-state index in [0.717, 1.165) is 17.4 Å². The van der Waals surface area contributed by atoms with Crippen LogP contribution in [0.4, 0.5) is 0 Å². The van der Waals surface area contributed by atoms with E-state index in [1.54, 1.807) is 18.4 Å². The van der Waals surface area contributed by atoms with Gasteiger partial charge in [-0.15, -0.1) is 11.3 Å². The maximum Gasteiger partial charge on any atom is 0.331 e. The summed E-state index contributed by atoms with van der Waals surface area (Å²) in [7, 11) is 0. The average Bonchev–Trinajstić information content (AvgIpc) is 2.94. The van der Waals surface area contributed by atoms with E-state index >= 15 is 0 Å². The Hall–Kier alpha value is -1.89. The SMILES string of the molecule is CCCCNC(=O)Cn1c(=O)n(CC)c(=O)c2sccc21. The Morgan fingerprint density at radius 2 is 2.05 bits per heavy atom. The van der Waals surface area contributed by atoms with Crippen molar-refractivity contribution in [3.8, 4) is 0 Å². The van der Waals surface area contributed by atoms with Gasteiger partial charge < -0.3 is 5.32 Å². The predicted octanol–water partition coefficient (Wildman–Crippen LogP) is 1.16. The van der Waals surface area contributed by atoms with E-state index in [0.29, 0.717) is 23.3 Å². The molecule has 7 heteroatoms. The first kappa shape index (κ1) is 15.5. The summed E-state index contributed by atoms with van der Waals surface area (Å²) < 4.78 is 3.05. The second kappa shape index (κ2) is 6.71.